The number of carboxylic acid groups (broad SMARTS) is 1. The van der Waals surface area contributed by atoms with Crippen molar-refractivity contribution in [3.8, 4) is 0 Å². The van der Waals surface area contributed by atoms with E-state index in [1.807, 2.05) is 6.26 Å². The molecule has 8 heteroatoms. The number of hydrogen-bond donors (Lipinski definition) is 2. The minimum absolute atomic E-state index is 0.201. The molecule has 1 heterocycles. The molecular weight excluding hydrogens is 270 g/mol. The second kappa shape index (κ2) is 5.04. The second-order valence-corrected chi connectivity index (χ2v) is 5.66. The highest BCUT2D eigenvalue weighted by Gasteiger charge is 2.41. The minimum Gasteiger partial charge on any atom is -0.477 e. The average molecular weight is 283 g/mol. The van der Waals surface area contributed by atoms with Crippen molar-refractivity contribution in [1.29, 1.82) is 0 Å². The molecule has 1 aromatic rings. The zero-order chi connectivity index (χ0) is 14.0. The molecule has 1 saturated carbocycles. The van der Waals surface area contributed by atoms with Gasteiger partial charge in [-0.25, -0.2) is 9.78 Å². The Morgan fingerprint density at radius 2 is 2.37 bits per heavy atom. The fourth-order valence-corrected chi connectivity index (χ4v) is 2.43. The number of aromatic nitrogens is 1. The maximum Gasteiger partial charge on any atom is 0.342 e. The van der Waals surface area contributed by atoms with Crippen LogP contribution in [-0.4, -0.2) is 38.5 Å². The van der Waals surface area contributed by atoms with Crippen LogP contribution in [0.15, 0.2) is 12.3 Å². The molecule has 1 aliphatic rings. The molecule has 2 N–H and O–H groups in total. The molecule has 0 radical (unpaired) electrons. The topological polar surface area (TPSA) is 105 Å². The zero-order valence-electron chi connectivity index (χ0n) is 10.3. The SMILES string of the molecule is CSC1(CNc2cc(C(=O)O)c([N+](=O)[O-])cn2)CC1. The van der Waals surface area contributed by atoms with Crippen molar-refractivity contribution in [3.63, 3.8) is 0 Å². The maximum atomic E-state index is 11.0. The van der Waals surface area contributed by atoms with E-state index in [1.54, 1.807) is 11.8 Å². The van der Waals surface area contributed by atoms with Gasteiger partial charge in [0, 0.05) is 17.4 Å². The highest BCUT2D eigenvalue weighted by molar-refractivity contribution is 8.00. The Kier molecular flexibility index (Phi) is 3.61. The summed E-state index contributed by atoms with van der Waals surface area (Å²) in [5.74, 6) is -0.980. The molecule has 1 fully saturated rings. The zero-order valence-corrected chi connectivity index (χ0v) is 11.1. The lowest BCUT2D eigenvalue weighted by Gasteiger charge is -2.13. The smallest absolute Gasteiger partial charge is 0.342 e. The molecule has 7 nitrogen and oxygen atoms in total. The number of hydrogen-bond acceptors (Lipinski definition) is 6. The third-order valence-electron chi connectivity index (χ3n) is 3.14. The van der Waals surface area contributed by atoms with Crippen LogP contribution in [0.25, 0.3) is 0 Å². The van der Waals surface area contributed by atoms with Crippen LogP contribution in [0.1, 0.15) is 23.2 Å². The van der Waals surface area contributed by atoms with Gasteiger partial charge in [0.15, 0.2) is 0 Å². The summed E-state index contributed by atoms with van der Waals surface area (Å²) in [6.07, 6.45) is 5.23. The van der Waals surface area contributed by atoms with Crippen molar-refractivity contribution in [2.24, 2.45) is 0 Å². The summed E-state index contributed by atoms with van der Waals surface area (Å²) in [4.78, 5) is 24.8. The molecule has 0 unspecified atom stereocenters. The number of carbonyl (C=O) groups is 1. The molecule has 0 spiro atoms. The van der Waals surface area contributed by atoms with Gasteiger partial charge in [0.25, 0.3) is 0 Å². The number of aromatic carboxylic acids is 1. The molecule has 0 bridgehead atoms. The Morgan fingerprint density at radius 1 is 1.68 bits per heavy atom. The molecule has 102 valence electrons. The number of carboxylic acids is 1. The van der Waals surface area contributed by atoms with Crippen molar-refractivity contribution >= 4 is 29.2 Å². The molecule has 0 atom stereocenters. The molecular formula is C11H13N3O4S. The highest BCUT2D eigenvalue weighted by Crippen LogP contribution is 2.47. The monoisotopic (exact) mass is 283 g/mol. The predicted molar refractivity (Wildman–Crippen MR) is 71.8 cm³/mol. The maximum absolute atomic E-state index is 11.0. The Bertz CT molecular complexity index is 531. The molecule has 2 rings (SSSR count). The molecule has 0 aliphatic heterocycles. The quantitative estimate of drug-likeness (QED) is 0.607. The first-order chi connectivity index (χ1) is 8.97. The fraction of sp³-hybridized carbons (Fsp3) is 0.455. The molecule has 0 aromatic carbocycles. The fourth-order valence-electron chi connectivity index (χ4n) is 1.71. The number of pyridine rings is 1. The van der Waals surface area contributed by atoms with Crippen LogP contribution in [0.5, 0.6) is 0 Å². The predicted octanol–water partition coefficient (Wildman–Crippen LogP) is 2.00. The van der Waals surface area contributed by atoms with E-state index in [0.717, 1.165) is 19.0 Å². The Hall–Kier alpha value is -1.83. The van der Waals surface area contributed by atoms with E-state index in [4.69, 9.17) is 5.11 Å². The van der Waals surface area contributed by atoms with Gasteiger partial charge in [-0.15, -0.1) is 0 Å². The number of nitrogens with zero attached hydrogens (tertiary/aromatic N) is 2. The lowest BCUT2D eigenvalue weighted by atomic mass is 10.2. The van der Waals surface area contributed by atoms with Crippen LogP contribution in [0, 0.1) is 10.1 Å². The standard InChI is InChI=1S/C11H13N3O4S/c1-19-11(2-3-11)6-13-9-4-7(10(15)16)8(5-12-9)14(17)18/h4-5H,2-3,6H2,1H3,(H,12,13)(H,15,16). The van der Waals surface area contributed by atoms with Crippen LogP contribution in [0.3, 0.4) is 0 Å². The summed E-state index contributed by atoms with van der Waals surface area (Å²) >= 11 is 1.76. The molecule has 1 aromatic heterocycles. The minimum atomic E-state index is -1.33. The normalized spacial score (nSPS) is 15.8. The summed E-state index contributed by atoms with van der Waals surface area (Å²) in [5, 5.41) is 22.7. The summed E-state index contributed by atoms with van der Waals surface area (Å²) in [6.45, 7) is 0.679. The van der Waals surface area contributed by atoms with E-state index in [1.165, 1.54) is 6.07 Å². The summed E-state index contributed by atoms with van der Waals surface area (Å²) in [5.41, 5.74) is -0.847. The van der Waals surface area contributed by atoms with Crippen molar-refractivity contribution in [2.75, 3.05) is 18.1 Å². The summed E-state index contributed by atoms with van der Waals surface area (Å²) in [7, 11) is 0. The first kappa shape index (κ1) is 13.6. The third-order valence-corrected chi connectivity index (χ3v) is 4.56. The molecule has 19 heavy (non-hydrogen) atoms. The number of nitrogens with one attached hydrogen (secondary N) is 1. The van der Waals surface area contributed by atoms with Crippen molar-refractivity contribution in [3.05, 3.63) is 27.9 Å². The summed E-state index contributed by atoms with van der Waals surface area (Å²) in [6, 6.07) is 1.21. The highest BCUT2D eigenvalue weighted by atomic mass is 32.2. The van der Waals surface area contributed by atoms with Crippen LogP contribution in [0.2, 0.25) is 0 Å². The lowest BCUT2D eigenvalue weighted by molar-refractivity contribution is -0.385. The lowest BCUT2D eigenvalue weighted by Crippen LogP contribution is -2.18. The van der Waals surface area contributed by atoms with Crippen molar-refractivity contribution < 1.29 is 14.8 Å². The number of nitro groups is 1. The summed E-state index contributed by atoms with van der Waals surface area (Å²) < 4.78 is 0.201. The van der Waals surface area contributed by atoms with Gasteiger partial charge < -0.3 is 10.4 Å². The van der Waals surface area contributed by atoms with Crippen LogP contribution >= 0.6 is 11.8 Å². The van der Waals surface area contributed by atoms with Gasteiger partial charge in [-0.05, 0) is 19.1 Å². The van der Waals surface area contributed by atoms with Crippen molar-refractivity contribution in [2.45, 2.75) is 17.6 Å². The van der Waals surface area contributed by atoms with E-state index in [0.29, 0.717) is 12.4 Å². The Balaban J connectivity index is 2.16. The molecule has 1 aliphatic carbocycles. The average Bonchev–Trinajstić information content (AvgIpc) is 3.16. The van der Waals surface area contributed by atoms with Gasteiger partial charge >= 0.3 is 11.7 Å². The number of anilines is 1. The van der Waals surface area contributed by atoms with Gasteiger partial charge in [0.05, 0.1) is 4.92 Å². The van der Waals surface area contributed by atoms with Gasteiger partial charge in [0.2, 0.25) is 0 Å². The van der Waals surface area contributed by atoms with Gasteiger partial charge in [0.1, 0.15) is 17.6 Å². The largest absolute Gasteiger partial charge is 0.477 e. The first-order valence-corrected chi connectivity index (χ1v) is 6.87. The van der Waals surface area contributed by atoms with Gasteiger partial charge in [-0.3, -0.25) is 10.1 Å². The van der Waals surface area contributed by atoms with E-state index in [-0.39, 0.29) is 10.3 Å². The van der Waals surface area contributed by atoms with Crippen LogP contribution in [0.4, 0.5) is 11.5 Å². The molecule has 0 saturated heterocycles. The van der Waals surface area contributed by atoms with E-state index in [2.05, 4.69) is 10.3 Å². The van der Waals surface area contributed by atoms with E-state index < -0.39 is 16.6 Å². The Morgan fingerprint density at radius 3 is 2.84 bits per heavy atom. The Labute approximate surface area is 113 Å². The third kappa shape index (κ3) is 2.95. The second-order valence-electron chi connectivity index (χ2n) is 4.39. The van der Waals surface area contributed by atoms with E-state index >= 15 is 0 Å². The van der Waals surface area contributed by atoms with Crippen LogP contribution in [-0.2, 0) is 0 Å². The van der Waals surface area contributed by atoms with Gasteiger partial charge in [-0.1, -0.05) is 0 Å². The van der Waals surface area contributed by atoms with E-state index in [9.17, 15) is 14.9 Å². The number of thioether (sulfide) groups is 1. The molecule has 0 amide bonds. The van der Waals surface area contributed by atoms with Crippen molar-refractivity contribution in [1.82, 2.24) is 4.98 Å². The number of rotatable bonds is 6. The van der Waals surface area contributed by atoms with Gasteiger partial charge in [-0.2, -0.15) is 11.8 Å². The van der Waals surface area contributed by atoms with Crippen LogP contribution < -0.4 is 5.32 Å². The first-order valence-electron chi connectivity index (χ1n) is 5.64.